The summed E-state index contributed by atoms with van der Waals surface area (Å²) in [5, 5.41) is 0. The van der Waals surface area contributed by atoms with Crippen molar-refractivity contribution in [2.75, 3.05) is 0 Å². The first kappa shape index (κ1) is 43.7. The summed E-state index contributed by atoms with van der Waals surface area (Å²) in [6.45, 7) is 0. The van der Waals surface area contributed by atoms with Gasteiger partial charge in [0.2, 0.25) is 0 Å². The van der Waals surface area contributed by atoms with E-state index < -0.39 is 0 Å². The molecule has 0 saturated carbocycles. The van der Waals surface area contributed by atoms with Crippen LogP contribution in [-0.4, -0.2) is 15.0 Å². The van der Waals surface area contributed by atoms with Gasteiger partial charge in [0.05, 0.1) is 0 Å². The summed E-state index contributed by atoms with van der Waals surface area (Å²) in [5.74, 6) is 1.81. The molecule has 0 amide bonds. The van der Waals surface area contributed by atoms with Crippen molar-refractivity contribution < 1.29 is 0 Å². The lowest BCUT2D eigenvalue weighted by atomic mass is 9.74. The standard InChI is InChI=1S/C69H47N3/c1-8-25-48(26-9-1)57-39-24-40-58(47-57)68-70-67(71-69(72-68)60-42-23-22-41-59(60)49-27-10-2-11-28-49)56-45-43-55(44-46-56)66-64(53-35-18-6-19-36-53)62(51-31-14-4-15-32-51)61(50-29-12-3-13-30-50)63(52-33-16-5-17-34-52)65(66)54-37-20-7-21-38-54/h1-47H. The molecule has 0 fully saturated rings. The first-order valence-corrected chi connectivity index (χ1v) is 24.4. The van der Waals surface area contributed by atoms with Gasteiger partial charge in [0.1, 0.15) is 0 Å². The predicted molar refractivity (Wildman–Crippen MR) is 300 cm³/mol. The van der Waals surface area contributed by atoms with Crippen LogP contribution in [0.15, 0.2) is 285 Å². The monoisotopic (exact) mass is 917 g/mol. The molecule has 3 heteroatoms. The van der Waals surface area contributed by atoms with Crippen molar-refractivity contribution in [1.29, 1.82) is 0 Å². The van der Waals surface area contributed by atoms with Gasteiger partial charge >= 0.3 is 0 Å². The Morgan fingerprint density at radius 1 is 0.153 bits per heavy atom. The van der Waals surface area contributed by atoms with E-state index in [1.807, 2.05) is 12.1 Å². The molecular weight excluding hydrogens is 871 g/mol. The van der Waals surface area contributed by atoms with E-state index in [1.165, 1.54) is 16.7 Å². The molecule has 11 aromatic carbocycles. The Labute approximate surface area is 421 Å². The molecule has 0 aliphatic rings. The number of hydrogen-bond acceptors (Lipinski definition) is 3. The van der Waals surface area contributed by atoms with Gasteiger partial charge in [-0.25, -0.2) is 15.0 Å². The topological polar surface area (TPSA) is 38.7 Å². The fourth-order valence-electron chi connectivity index (χ4n) is 10.1. The molecule has 3 nitrogen and oxygen atoms in total. The molecule has 0 radical (unpaired) electrons. The highest BCUT2D eigenvalue weighted by molar-refractivity contribution is 6.15. The zero-order valence-corrected chi connectivity index (χ0v) is 39.5. The highest BCUT2D eigenvalue weighted by atomic mass is 15.0. The minimum absolute atomic E-state index is 0.593. The minimum Gasteiger partial charge on any atom is -0.208 e. The Balaban J connectivity index is 1.13. The summed E-state index contributed by atoms with van der Waals surface area (Å²) in [5.41, 5.74) is 20.9. The normalized spacial score (nSPS) is 11.1. The highest BCUT2D eigenvalue weighted by Crippen LogP contribution is 2.56. The highest BCUT2D eigenvalue weighted by Gasteiger charge is 2.29. The number of benzene rings is 11. The third kappa shape index (κ3) is 8.61. The van der Waals surface area contributed by atoms with Crippen LogP contribution in [0, 0.1) is 0 Å². The largest absolute Gasteiger partial charge is 0.208 e. The van der Waals surface area contributed by atoms with E-state index in [1.54, 1.807) is 0 Å². The van der Waals surface area contributed by atoms with Gasteiger partial charge in [-0.15, -0.1) is 0 Å². The second-order valence-electron chi connectivity index (χ2n) is 17.8. The maximum absolute atomic E-state index is 5.33. The molecule has 0 aliphatic heterocycles. The van der Waals surface area contributed by atoms with Crippen molar-refractivity contribution in [1.82, 2.24) is 15.0 Å². The zero-order chi connectivity index (χ0) is 48.1. The van der Waals surface area contributed by atoms with Crippen LogP contribution in [0.1, 0.15) is 0 Å². The van der Waals surface area contributed by atoms with Crippen LogP contribution in [0.2, 0.25) is 0 Å². The molecule has 338 valence electrons. The van der Waals surface area contributed by atoms with Crippen molar-refractivity contribution in [3.8, 4) is 123 Å². The van der Waals surface area contributed by atoms with Crippen LogP contribution >= 0.6 is 0 Å². The van der Waals surface area contributed by atoms with Crippen LogP contribution in [-0.2, 0) is 0 Å². The van der Waals surface area contributed by atoms with Gasteiger partial charge < -0.3 is 0 Å². The number of nitrogens with zero attached hydrogens (tertiary/aromatic N) is 3. The summed E-state index contributed by atoms with van der Waals surface area (Å²) in [6, 6.07) is 101. The molecular formula is C69H47N3. The second-order valence-corrected chi connectivity index (χ2v) is 17.8. The molecule has 0 unspecified atom stereocenters. The van der Waals surface area contributed by atoms with E-state index in [4.69, 9.17) is 15.0 Å². The van der Waals surface area contributed by atoms with Crippen molar-refractivity contribution >= 4 is 0 Å². The first-order chi connectivity index (χ1) is 35.7. The van der Waals surface area contributed by atoms with Crippen molar-refractivity contribution in [2.45, 2.75) is 0 Å². The summed E-state index contributed by atoms with van der Waals surface area (Å²) >= 11 is 0. The molecule has 0 aliphatic carbocycles. The van der Waals surface area contributed by atoms with E-state index in [-0.39, 0.29) is 0 Å². The first-order valence-electron chi connectivity index (χ1n) is 24.4. The van der Waals surface area contributed by atoms with Gasteiger partial charge in [-0.05, 0) is 95.1 Å². The molecule has 1 aromatic heterocycles. The van der Waals surface area contributed by atoms with Crippen LogP contribution in [0.3, 0.4) is 0 Å². The lowest BCUT2D eigenvalue weighted by Crippen LogP contribution is -2.02. The van der Waals surface area contributed by atoms with Gasteiger partial charge in [-0.1, -0.05) is 279 Å². The summed E-state index contributed by atoms with van der Waals surface area (Å²) in [4.78, 5) is 15.9. The lowest BCUT2D eigenvalue weighted by molar-refractivity contribution is 1.07. The molecule has 0 atom stereocenters. The summed E-state index contributed by atoms with van der Waals surface area (Å²) in [6.07, 6.45) is 0. The van der Waals surface area contributed by atoms with E-state index >= 15 is 0 Å². The SMILES string of the molecule is c1ccc(-c2cccc(-c3nc(-c4ccc(-c5c(-c6ccccc6)c(-c6ccccc6)c(-c6ccccc6)c(-c6ccccc6)c5-c5ccccc5)cc4)nc(-c4ccccc4-c4ccccc4)n3)c2)cc1. The molecule has 1 heterocycles. The van der Waals surface area contributed by atoms with Crippen LogP contribution < -0.4 is 0 Å². The smallest absolute Gasteiger partial charge is 0.164 e. The van der Waals surface area contributed by atoms with Gasteiger partial charge in [-0.3, -0.25) is 0 Å². The Morgan fingerprint density at radius 2 is 0.417 bits per heavy atom. The predicted octanol–water partition coefficient (Wildman–Crippen LogP) is 18.2. The average molecular weight is 918 g/mol. The third-order valence-electron chi connectivity index (χ3n) is 13.4. The van der Waals surface area contributed by atoms with E-state index in [9.17, 15) is 0 Å². The van der Waals surface area contributed by atoms with Crippen LogP contribution in [0.25, 0.3) is 123 Å². The van der Waals surface area contributed by atoms with Gasteiger partial charge in [-0.2, -0.15) is 0 Å². The molecule has 12 aromatic rings. The fourth-order valence-corrected chi connectivity index (χ4v) is 10.1. The lowest BCUT2D eigenvalue weighted by Gasteiger charge is -2.28. The van der Waals surface area contributed by atoms with Gasteiger partial charge in [0, 0.05) is 16.7 Å². The molecule has 0 bridgehead atoms. The fraction of sp³-hybridized carbons (Fsp3) is 0. The number of aromatic nitrogens is 3. The Hall–Kier alpha value is -9.57. The molecule has 0 N–H and O–H groups in total. The van der Waals surface area contributed by atoms with Crippen molar-refractivity contribution in [2.24, 2.45) is 0 Å². The minimum atomic E-state index is 0.593. The average Bonchev–Trinajstić information content (AvgIpc) is 3.48. The third-order valence-corrected chi connectivity index (χ3v) is 13.4. The molecule has 0 spiro atoms. The van der Waals surface area contributed by atoms with E-state index in [2.05, 4.69) is 273 Å². The molecule has 0 saturated heterocycles. The summed E-state index contributed by atoms with van der Waals surface area (Å²) in [7, 11) is 0. The Morgan fingerprint density at radius 3 is 0.819 bits per heavy atom. The molecule has 72 heavy (non-hydrogen) atoms. The summed E-state index contributed by atoms with van der Waals surface area (Å²) < 4.78 is 0. The van der Waals surface area contributed by atoms with Gasteiger partial charge in [0.25, 0.3) is 0 Å². The zero-order valence-electron chi connectivity index (χ0n) is 39.5. The second kappa shape index (κ2) is 19.8. The Bertz CT molecular complexity index is 3680. The molecule has 12 rings (SSSR count). The maximum Gasteiger partial charge on any atom is 0.164 e. The van der Waals surface area contributed by atoms with E-state index in [0.717, 1.165) is 89.0 Å². The van der Waals surface area contributed by atoms with Gasteiger partial charge in [0.15, 0.2) is 17.5 Å². The van der Waals surface area contributed by atoms with E-state index in [0.29, 0.717) is 17.5 Å². The van der Waals surface area contributed by atoms with Crippen LogP contribution in [0.5, 0.6) is 0 Å². The van der Waals surface area contributed by atoms with Crippen LogP contribution in [0.4, 0.5) is 0 Å². The Kier molecular flexibility index (Phi) is 12.0. The number of hydrogen-bond donors (Lipinski definition) is 0. The maximum atomic E-state index is 5.33. The van der Waals surface area contributed by atoms with Crippen molar-refractivity contribution in [3.05, 3.63) is 285 Å². The number of rotatable bonds is 11. The quantitative estimate of drug-likeness (QED) is 0.130. The van der Waals surface area contributed by atoms with Crippen molar-refractivity contribution in [3.63, 3.8) is 0 Å².